The number of aryl methyl sites for hydroxylation is 1. The third kappa shape index (κ3) is 4.67. The van der Waals surface area contributed by atoms with Gasteiger partial charge in [-0.3, -0.25) is 4.79 Å². The summed E-state index contributed by atoms with van der Waals surface area (Å²) in [6.45, 7) is 10.4. The summed E-state index contributed by atoms with van der Waals surface area (Å²) in [6, 6.07) is 7.65. The van der Waals surface area contributed by atoms with E-state index in [4.69, 9.17) is 0 Å². The Labute approximate surface area is 116 Å². The number of nitrogens with one attached hydrogen (secondary N) is 2. The van der Waals surface area contributed by atoms with Crippen molar-refractivity contribution < 1.29 is 4.79 Å². The lowest BCUT2D eigenvalue weighted by molar-refractivity contribution is -0.118. The van der Waals surface area contributed by atoms with Crippen molar-refractivity contribution in [1.29, 1.82) is 0 Å². The smallest absolute Gasteiger partial charge is 0.241 e. The molecule has 0 aliphatic carbocycles. The molecule has 0 aromatic heterocycles. The summed E-state index contributed by atoms with van der Waals surface area (Å²) >= 11 is 0. The maximum Gasteiger partial charge on any atom is 0.241 e. The number of amides is 1. The molecule has 0 bridgehead atoms. The summed E-state index contributed by atoms with van der Waals surface area (Å²) in [4.78, 5) is 12.1. The van der Waals surface area contributed by atoms with Crippen LogP contribution in [0.25, 0.3) is 0 Å². The van der Waals surface area contributed by atoms with Crippen molar-refractivity contribution in [3.05, 3.63) is 29.8 Å². The molecule has 0 fully saturated rings. The molecule has 1 unspecified atom stereocenters. The van der Waals surface area contributed by atoms with Crippen LogP contribution >= 0.6 is 0 Å². The zero-order chi connectivity index (χ0) is 14.5. The molecular formula is C16H26N2O. The minimum absolute atomic E-state index is 0.0111. The number of hydrogen-bond donors (Lipinski definition) is 2. The van der Waals surface area contributed by atoms with Crippen LogP contribution in [0.1, 0.15) is 46.1 Å². The lowest BCUT2D eigenvalue weighted by Gasteiger charge is -2.31. The van der Waals surface area contributed by atoms with Crippen LogP contribution in [0, 0.1) is 6.92 Å². The van der Waals surface area contributed by atoms with E-state index in [0.29, 0.717) is 0 Å². The van der Waals surface area contributed by atoms with Crippen LogP contribution < -0.4 is 10.6 Å². The Balaban J connectivity index is 2.60. The summed E-state index contributed by atoms with van der Waals surface area (Å²) in [7, 11) is 0. The highest BCUT2D eigenvalue weighted by Crippen LogP contribution is 2.15. The van der Waals surface area contributed by atoms with E-state index in [1.54, 1.807) is 0 Å². The Bertz CT molecular complexity index is 407. The standard InChI is InChI=1S/C16H26N2O/c1-6-16(5,7-2)18-13(4)15(19)17-14-10-8-12(3)9-11-14/h8-11,13,18H,6-7H2,1-5H3,(H,17,19). The molecule has 1 atom stereocenters. The molecule has 1 rings (SSSR count). The zero-order valence-electron chi connectivity index (χ0n) is 12.7. The van der Waals surface area contributed by atoms with E-state index >= 15 is 0 Å². The maximum absolute atomic E-state index is 12.1. The SMILES string of the molecule is CCC(C)(CC)NC(C)C(=O)Nc1ccc(C)cc1. The predicted molar refractivity (Wildman–Crippen MR) is 81.4 cm³/mol. The van der Waals surface area contributed by atoms with Crippen LogP contribution in [0.2, 0.25) is 0 Å². The second-order valence-electron chi connectivity index (χ2n) is 5.49. The molecule has 0 heterocycles. The molecule has 106 valence electrons. The van der Waals surface area contributed by atoms with E-state index in [1.807, 2.05) is 38.1 Å². The fourth-order valence-corrected chi connectivity index (χ4v) is 1.93. The van der Waals surface area contributed by atoms with Gasteiger partial charge in [0.2, 0.25) is 5.91 Å². The van der Waals surface area contributed by atoms with Crippen LogP contribution in [0.4, 0.5) is 5.69 Å². The average molecular weight is 262 g/mol. The van der Waals surface area contributed by atoms with Gasteiger partial charge in [-0.1, -0.05) is 31.5 Å². The van der Waals surface area contributed by atoms with Gasteiger partial charge in [0.15, 0.2) is 0 Å². The second-order valence-corrected chi connectivity index (χ2v) is 5.49. The minimum atomic E-state index is -0.203. The van der Waals surface area contributed by atoms with Gasteiger partial charge in [0.1, 0.15) is 0 Å². The van der Waals surface area contributed by atoms with Crippen molar-refractivity contribution in [3.8, 4) is 0 Å². The van der Waals surface area contributed by atoms with Crippen LogP contribution in [0.15, 0.2) is 24.3 Å². The lowest BCUT2D eigenvalue weighted by atomic mass is 9.94. The Morgan fingerprint density at radius 1 is 1.21 bits per heavy atom. The highest BCUT2D eigenvalue weighted by molar-refractivity contribution is 5.94. The van der Waals surface area contributed by atoms with Gasteiger partial charge in [0.25, 0.3) is 0 Å². The van der Waals surface area contributed by atoms with E-state index < -0.39 is 0 Å². The summed E-state index contributed by atoms with van der Waals surface area (Å²) in [6.07, 6.45) is 2.01. The third-order valence-electron chi connectivity index (χ3n) is 3.84. The van der Waals surface area contributed by atoms with Crippen molar-refractivity contribution in [3.63, 3.8) is 0 Å². The number of rotatable bonds is 6. The molecule has 0 radical (unpaired) electrons. The van der Waals surface area contributed by atoms with Crippen molar-refractivity contribution in [2.24, 2.45) is 0 Å². The van der Waals surface area contributed by atoms with Crippen molar-refractivity contribution in [2.45, 2.75) is 59.0 Å². The van der Waals surface area contributed by atoms with E-state index in [0.717, 1.165) is 18.5 Å². The first kappa shape index (κ1) is 15.7. The Morgan fingerprint density at radius 2 is 1.74 bits per heavy atom. The first-order chi connectivity index (χ1) is 8.90. The normalized spacial score (nSPS) is 13.1. The fraction of sp³-hybridized carbons (Fsp3) is 0.562. The maximum atomic E-state index is 12.1. The molecule has 0 spiro atoms. The average Bonchev–Trinajstić information content (AvgIpc) is 2.41. The molecule has 1 aromatic rings. The molecule has 0 saturated heterocycles. The monoisotopic (exact) mass is 262 g/mol. The lowest BCUT2D eigenvalue weighted by Crippen LogP contribution is -2.50. The van der Waals surface area contributed by atoms with Gasteiger partial charge < -0.3 is 10.6 Å². The van der Waals surface area contributed by atoms with Gasteiger partial charge in [-0.15, -0.1) is 0 Å². The predicted octanol–water partition coefficient (Wildman–Crippen LogP) is 3.49. The summed E-state index contributed by atoms with van der Waals surface area (Å²) in [5, 5.41) is 6.35. The highest BCUT2D eigenvalue weighted by atomic mass is 16.2. The molecule has 0 saturated carbocycles. The number of benzene rings is 1. The summed E-state index contributed by atoms with van der Waals surface area (Å²) < 4.78 is 0. The molecule has 0 aliphatic heterocycles. The number of carbonyl (C=O) groups is 1. The van der Waals surface area contributed by atoms with Crippen molar-refractivity contribution in [2.75, 3.05) is 5.32 Å². The van der Waals surface area contributed by atoms with E-state index in [1.165, 1.54) is 5.56 Å². The highest BCUT2D eigenvalue weighted by Gasteiger charge is 2.24. The molecule has 3 nitrogen and oxygen atoms in total. The number of hydrogen-bond acceptors (Lipinski definition) is 2. The topological polar surface area (TPSA) is 41.1 Å². The first-order valence-corrected chi connectivity index (χ1v) is 7.05. The van der Waals surface area contributed by atoms with Crippen molar-refractivity contribution >= 4 is 11.6 Å². The third-order valence-corrected chi connectivity index (χ3v) is 3.84. The fourth-order valence-electron chi connectivity index (χ4n) is 1.93. The molecular weight excluding hydrogens is 236 g/mol. The Kier molecular flexibility index (Phi) is 5.55. The van der Waals surface area contributed by atoms with Crippen LogP contribution in [0.5, 0.6) is 0 Å². The van der Waals surface area contributed by atoms with Gasteiger partial charge in [-0.05, 0) is 45.7 Å². The largest absolute Gasteiger partial charge is 0.325 e. The van der Waals surface area contributed by atoms with Gasteiger partial charge in [0, 0.05) is 11.2 Å². The van der Waals surface area contributed by atoms with Crippen LogP contribution in [-0.4, -0.2) is 17.5 Å². The molecule has 3 heteroatoms. The number of anilines is 1. The Morgan fingerprint density at radius 3 is 2.21 bits per heavy atom. The Hall–Kier alpha value is -1.35. The van der Waals surface area contributed by atoms with Crippen LogP contribution in [0.3, 0.4) is 0 Å². The minimum Gasteiger partial charge on any atom is -0.325 e. The molecule has 19 heavy (non-hydrogen) atoms. The first-order valence-electron chi connectivity index (χ1n) is 7.05. The second kappa shape index (κ2) is 6.71. The summed E-state index contributed by atoms with van der Waals surface area (Å²) in [5.41, 5.74) is 2.05. The summed E-state index contributed by atoms with van der Waals surface area (Å²) in [5.74, 6) is 0.0111. The molecule has 0 aliphatic rings. The molecule has 1 aromatic carbocycles. The quantitative estimate of drug-likeness (QED) is 0.824. The molecule has 2 N–H and O–H groups in total. The van der Waals surface area contributed by atoms with Crippen molar-refractivity contribution in [1.82, 2.24) is 5.32 Å². The van der Waals surface area contributed by atoms with Crippen LogP contribution in [-0.2, 0) is 4.79 Å². The van der Waals surface area contributed by atoms with Gasteiger partial charge in [-0.25, -0.2) is 0 Å². The van der Waals surface area contributed by atoms with E-state index in [-0.39, 0.29) is 17.5 Å². The van der Waals surface area contributed by atoms with Gasteiger partial charge in [0.05, 0.1) is 6.04 Å². The zero-order valence-corrected chi connectivity index (χ0v) is 12.7. The van der Waals surface area contributed by atoms with Gasteiger partial charge >= 0.3 is 0 Å². The van der Waals surface area contributed by atoms with E-state index in [2.05, 4.69) is 31.4 Å². The molecule has 1 amide bonds. The number of carbonyl (C=O) groups excluding carboxylic acids is 1. The van der Waals surface area contributed by atoms with E-state index in [9.17, 15) is 4.79 Å². The van der Waals surface area contributed by atoms with Gasteiger partial charge in [-0.2, -0.15) is 0 Å².